The normalized spacial score (nSPS) is 16.5. The summed E-state index contributed by atoms with van der Waals surface area (Å²) >= 11 is 0. The zero-order valence-corrected chi connectivity index (χ0v) is 16.5. The molecule has 1 fully saturated rings. The maximum Gasteiger partial charge on any atom is 0.327 e. The minimum absolute atomic E-state index is 0.417. The van der Waals surface area contributed by atoms with Crippen molar-refractivity contribution in [3.63, 3.8) is 0 Å². The molecule has 0 bridgehead atoms. The van der Waals surface area contributed by atoms with Gasteiger partial charge in [-0.05, 0) is 31.9 Å². The van der Waals surface area contributed by atoms with E-state index in [1.807, 2.05) is 19.9 Å². The van der Waals surface area contributed by atoms with E-state index in [0.717, 1.165) is 17.7 Å². The fourth-order valence-corrected chi connectivity index (χ4v) is 3.32. The molecule has 0 spiro atoms. The molecule has 1 saturated heterocycles. The van der Waals surface area contributed by atoms with Crippen LogP contribution in [-0.4, -0.2) is 46.9 Å². The van der Waals surface area contributed by atoms with Crippen LogP contribution in [0.3, 0.4) is 0 Å². The summed E-state index contributed by atoms with van der Waals surface area (Å²) in [6.07, 6.45) is 1.39. The Morgan fingerprint density at radius 2 is 1.75 bits per heavy atom. The van der Waals surface area contributed by atoms with Gasteiger partial charge in [-0.3, -0.25) is 19.3 Å². The highest BCUT2D eigenvalue weighted by Gasteiger charge is 2.50. The summed E-state index contributed by atoms with van der Waals surface area (Å²) in [5, 5.41) is 5.36. The first-order valence-corrected chi connectivity index (χ1v) is 9.52. The molecular weight excluding hydrogens is 362 g/mol. The molecule has 0 aromatic heterocycles. The topological polar surface area (TPSA) is 105 Å². The van der Waals surface area contributed by atoms with Crippen LogP contribution in [0.4, 0.5) is 10.5 Å². The van der Waals surface area contributed by atoms with Gasteiger partial charge in [0.15, 0.2) is 6.10 Å². The second-order valence-corrected chi connectivity index (χ2v) is 6.89. The first-order chi connectivity index (χ1) is 13.3. The number of carbonyl (C=O) groups excluding carboxylic acids is 4. The number of hydrogen-bond acceptors (Lipinski definition) is 5. The van der Waals surface area contributed by atoms with E-state index in [1.54, 1.807) is 24.3 Å². The van der Waals surface area contributed by atoms with Gasteiger partial charge in [0.05, 0.1) is 0 Å². The smallest absolute Gasteiger partial charge is 0.327 e. The van der Waals surface area contributed by atoms with Gasteiger partial charge in [0.25, 0.3) is 11.8 Å². The summed E-state index contributed by atoms with van der Waals surface area (Å²) in [5.41, 5.74) is -0.384. The third-order valence-corrected chi connectivity index (χ3v) is 4.61. The molecule has 1 aliphatic rings. The van der Waals surface area contributed by atoms with Crippen molar-refractivity contribution < 1.29 is 23.9 Å². The Labute approximate surface area is 164 Å². The number of esters is 1. The molecule has 0 radical (unpaired) electrons. The predicted molar refractivity (Wildman–Crippen MR) is 103 cm³/mol. The molecule has 1 atom stereocenters. The van der Waals surface area contributed by atoms with Crippen LogP contribution < -0.4 is 10.6 Å². The van der Waals surface area contributed by atoms with E-state index in [4.69, 9.17) is 4.74 Å². The van der Waals surface area contributed by atoms with Crippen LogP contribution in [0.15, 0.2) is 30.3 Å². The minimum atomic E-state index is -1.07. The number of nitrogens with one attached hydrogen (secondary N) is 2. The van der Waals surface area contributed by atoms with Gasteiger partial charge < -0.3 is 15.4 Å². The molecule has 28 heavy (non-hydrogen) atoms. The van der Waals surface area contributed by atoms with Gasteiger partial charge in [-0.25, -0.2) is 4.79 Å². The van der Waals surface area contributed by atoms with Gasteiger partial charge in [0, 0.05) is 5.69 Å². The van der Waals surface area contributed by atoms with Gasteiger partial charge in [0.1, 0.15) is 12.1 Å². The van der Waals surface area contributed by atoms with Crippen LogP contribution in [0.1, 0.15) is 46.5 Å². The quantitative estimate of drug-likeness (QED) is 0.499. The first kappa shape index (κ1) is 21.4. The van der Waals surface area contributed by atoms with Gasteiger partial charge in [-0.1, -0.05) is 44.9 Å². The Hall–Kier alpha value is -2.90. The first-order valence-electron chi connectivity index (χ1n) is 9.52. The molecule has 4 amide bonds. The van der Waals surface area contributed by atoms with E-state index in [9.17, 15) is 19.2 Å². The lowest BCUT2D eigenvalue weighted by atomic mass is 9.88. The van der Waals surface area contributed by atoms with Crippen molar-refractivity contribution in [2.75, 3.05) is 11.9 Å². The molecule has 8 heteroatoms. The van der Waals surface area contributed by atoms with E-state index >= 15 is 0 Å². The van der Waals surface area contributed by atoms with E-state index < -0.39 is 42.0 Å². The number of carbonyl (C=O) groups is 4. The monoisotopic (exact) mass is 389 g/mol. The van der Waals surface area contributed by atoms with Crippen molar-refractivity contribution in [1.82, 2.24) is 10.2 Å². The van der Waals surface area contributed by atoms with Gasteiger partial charge in [0.2, 0.25) is 0 Å². The zero-order chi connectivity index (χ0) is 20.7. The SMILES string of the molecule is CCCC1(CCC)NC(=O)N(CC(=O)O[C@H](C)C(=O)Nc2ccccc2)C1=O. The molecular formula is C20H27N3O5. The maximum atomic E-state index is 12.8. The van der Waals surface area contributed by atoms with Crippen LogP contribution in [-0.2, 0) is 19.1 Å². The summed E-state index contributed by atoms with van der Waals surface area (Å²) in [5.74, 6) is -1.73. The van der Waals surface area contributed by atoms with Crippen molar-refractivity contribution in [1.29, 1.82) is 0 Å². The van der Waals surface area contributed by atoms with Crippen molar-refractivity contribution in [2.24, 2.45) is 0 Å². The number of hydrogen-bond donors (Lipinski definition) is 2. The highest BCUT2D eigenvalue weighted by molar-refractivity contribution is 6.08. The molecule has 1 heterocycles. The predicted octanol–water partition coefficient (Wildman–Crippen LogP) is 2.45. The lowest BCUT2D eigenvalue weighted by Crippen LogP contribution is -2.47. The standard InChI is InChI=1S/C20H27N3O5/c1-4-11-20(12-5-2)18(26)23(19(27)22-20)13-16(24)28-14(3)17(25)21-15-9-7-6-8-10-15/h6-10,14H,4-5,11-13H2,1-3H3,(H,21,25)(H,22,27)/t14-/m1/s1. The van der Waals surface area contributed by atoms with Crippen LogP contribution >= 0.6 is 0 Å². The Morgan fingerprint density at radius 1 is 1.14 bits per heavy atom. The number of anilines is 1. The van der Waals surface area contributed by atoms with E-state index in [2.05, 4.69) is 10.6 Å². The highest BCUT2D eigenvalue weighted by Crippen LogP contribution is 2.28. The van der Waals surface area contributed by atoms with Crippen molar-refractivity contribution in [3.05, 3.63) is 30.3 Å². The third kappa shape index (κ3) is 4.88. The molecule has 2 rings (SSSR count). The van der Waals surface area contributed by atoms with Gasteiger partial charge in [-0.15, -0.1) is 0 Å². The largest absolute Gasteiger partial charge is 0.451 e. The van der Waals surface area contributed by atoms with E-state index in [-0.39, 0.29) is 0 Å². The minimum Gasteiger partial charge on any atom is -0.451 e. The second-order valence-electron chi connectivity index (χ2n) is 6.89. The van der Waals surface area contributed by atoms with Gasteiger partial charge >= 0.3 is 12.0 Å². The fourth-order valence-electron chi connectivity index (χ4n) is 3.32. The number of para-hydroxylation sites is 1. The summed E-state index contributed by atoms with van der Waals surface area (Å²) in [7, 11) is 0. The molecule has 0 unspecified atom stereocenters. The lowest BCUT2D eigenvalue weighted by molar-refractivity contribution is -0.155. The van der Waals surface area contributed by atoms with Crippen LogP contribution in [0.5, 0.6) is 0 Å². The molecule has 152 valence electrons. The number of ether oxygens (including phenoxy) is 1. The number of rotatable bonds is 9. The van der Waals surface area contributed by atoms with Crippen molar-refractivity contribution in [3.8, 4) is 0 Å². The number of nitrogens with zero attached hydrogens (tertiary/aromatic N) is 1. The number of amides is 4. The molecule has 0 aliphatic carbocycles. The molecule has 1 aromatic rings. The van der Waals surface area contributed by atoms with Crippen LogP contribution in [0.25, 0.3) is 0 Å². The summed E-state index contributed by atoms with van der Waals surface area (Å²) in [6.45, 7) is 4.77. The molecule has 8 nitrogen and oxygen atoms in total. The van der Waals surface area contributed by atoms with Crippen molar-refractivity contribution in [2.45, 2.75) is 58.1 Å². The third-order valence-electron chi connectivity index (χ3n) is 4.61. The average Bonchev–Trinajstić information content (AvgIpc) is 2.87. The number of benzene rings is 1. The number of urea groups is 1. The molecule has 2 N–H and O–H groups in total. The lowest BCUT2D eigenvalue weighted by Gasteiger charge is -2.25. The average molecular weight is 389 g/mol. The highest BCUT2D eigenvalue weighted by atomic mass is 16.5. The summed E-state index contributed by atoms with van der Waals surface area (Å²) in [4.78, 5) is 50.2. The Balaban J connectivity index is 1.95. The molecule has 1 aromatic carbocycles. The zero-order valence-electron chi connectivity index (χ0n) is 16.5. The Bertz CT molecular complexity index is 729. The fraction of sp³-hybridized carbons (Fsp3) is 0.500. The Morgan fingerprint density at radius 3 is 2.32 bits per heavy atom. The van der Waals surface area contributed by atoms with Crippen LogP contribution in [0.2, 0.25) is 0 Å². The van der Waals surface area contributed by atoms with Crippen LogP contribution in [0, 0.1) is 0 Å². The summed E-state index contributed by atoms with van der Waals surface area (Å²) < 4.78 is 5.11. The number of imide groups is 1. The molecule has 1 aliphatic heterocycles. The Kier molecular flexibility index (Phi) is 7.14. The maximum absolute atomic E-state index is 12.8. The second kappa shape index (κ2) is 9.34. The van der Waals surface area contributed by atoms with E-state index in [1.165, 1.54) is 6.92 Å². The van der Waals surface area contributed by atoms with Crippen molar-refractivity contribution >= 4 is 29.5 Å². The summed E-state index contributed by atoms with van der Waals surface area (Å²) in [6, 6.07) is 8.16. The van der Waals surface area contributed by atoms with E-state index in [0.29, 0.717) is 18.5 Å². The molecule has 0 saturated carbocycles. The van der Waals surface area contributed by atoms with Gasteiger partial charge in [-0.2, -0.15) is 0 Å².